The number of hydrogen-bond donors (Lipinski definition) is 4. The summed E-state index contributed by atoms with van der Waals surface area (Å²) in [6.07, 6.45) is -0.692. The van der Waals surface area contributed by atoms with Gasteiger partial charge in [-0.3, -0.25) is 14.6 Å². The van der Waals surface area contributed by atoms with Gasteiger partial charge in [0, 0.05) is 12.6 Å². The molecule has 0 saturated carbocycles. The van der Waals surface area contributed by atoms with Crippen molar-refractivity contribution in [3.05, 3.63) is 32.6 Å². The molecular weight excluding hydrogens is 202 g/mol. The molecule has 1 rings (SSSR count). The Kier molecular flexibility index (Phi) is 3.40. The largest absolute Gasteiger partial charge is 0.392 e. The van der Waals surface area contributed by atoms with Gasteiger partial charge < -0.3 is 15.4 Å². The highest BCUT2D eigenvalue weighted by molar-refractivity contribution is 5.91. The van der Waals surface area contributed by atoms with Gasteiger partial charge in [-0.2, -0.15) is 0 Å². The van der Waals surface area contributed by atoms with Crippen LogP contribution in [0.2, 0.25) is 0 Å². The van der Waals surface area contributed by atoms with E-state index in [1.54, 1.807) is 0 Å². The average molecular weight is 213 g/mol. The SMILES string of the molecule is C[C@H](O)CNC(=O)c1cc(=O)[nH]c(=O)[nH]1. The highest BCUT2D eigenvalue weighted by atomic mass is 16.3. The standard InChI is InChI=1S/C8H11N3O4/c1-4(12)3-9-7(14)5-2-6(13)11-8(15)10-5/h2,4,12H,3H2,1H3,(H,9,14)(H2,10,11,13,15)/t4-/m0/s1. The van der Waals surface area contributed by atoms with Crippen molar-refractivity contribution in [1.29, 1.82) is 0 Å². The molecular formula is C8H11N3O4. The van der Waals surface area contributed by atoms with Crippen molar-refractivity contribution in [3.8, 4) is 0 Å². The van der Waals surface area contributed by atoms with Gasteiger partial charge in [0.15, 0.2) is 0 Å². The van der Waals surface area contributed by atoms with E-state index in [0.717, 1.165) is 6.07 Å². The number of hydrogen-bond acceptors (Lipinski definition) is 4. The maximum absolute atomic E-state index is 11.3. The summed E-state index contributed by atoms with van der Waals surface area (Å²) >= 11 is 0. The summed E-state index contributed by atoms with van der Waals surface area (Å²) < 4.78 is 0. The van der Waals surface area contributed by atoms with Crippen LogP contribution in [0.3, 0.4) is 0 Å². The van der Waals surface area contributed by atoms with Gasteiger partial charge in [-0.25, -0.2) is 4.79 Å². The third-order valence-electron chi connectivity index (χ3n) is 1.56. The fourth-order valence-electron chi connectivity index (χ4n) is 0.927. The first-order valence-electron chi connectivity index (χ1n) is 4.29. The second-order valence-corrected chi connectivity index (χ2v) is 3.06. The molecule has 1 aromatic rings. The number of aromatic amines is 2. The minimum Gasteiger partial charge on any atom is -0.392 e. The molecule has 0 fully saturated rings. The van der Waals surface area contributed by atoms with Crippen molar-refractivity contribution in [1.82, 2.24) is 15.3 Å². The highest BCUT2D eigenvalue weighted by Crippen LogP contribution is 1.85. The zero-order chi connectivity index (χ0) is 11.4. The Morgan fingerprint density at radius 2 is 2.20 bits per heavy atom. The van der Waals surface area contributed by atoms with E-state index in [9.17, 15) is 14.4 Å². The van der Waals surface area contributed by atoms with E-state index in [0.29, 0.717) is 0 Å². The molecule has 1 aromatic heterocycles. The predicted octanol–water partition coefficient (Wildman–Crippen LogP) is -1.83. The molecule has 0 bridgehead atoms. The van der Waals surface area contributed by atoms with Crippen LogP contribution in [-0.2, 0) is 0 Å². The fraction of sp³-hybridized carbons (Fsp3) is 0.375. The number of nitrogens with one attached hydrogen (secondary N) is 3. The van der Waals surface area contributed by atoms with Crippen molar-refractivity contribution < 1.29 is 9.90 Å². The van der Waals surface area contributed by atoms with E-state index in [1.807, 2.05) is 4.98 Å². The Hall–Kier alpha value is -1.89. The maximum Gasteiger partial charge on any atom is 0.326 e. The monoisotopic (exact) mass is 213 g/mol. The molecule has 0 aliphatic carbocycles. The molecule has 0 radical (unpaired) electrons. The van der Waals surface area contributed by atoms with E-state index < -0.39 is 23.3 Å². The second-order valence-electron chi connectivity index (χ2n) is 3.06. The normalized spacial score (nSPS) is 12.1. The lowest BCUT2D eigenvalue weighted by Gasteiger charge is -2.05. The zero-order valence-electron chi connectivity index (χ0n) is 8.03. The molecule has 0 unspecified atom stereocenters. The number of aliphatic hydroxyl groups excluding tert-OH is 1. The van der Waals surface area contributed by atoms with Crippen LogP contribution in [-0.4, -0.2) is 33.6 Å². The van der Waals surface area contributed by atoms with Gasteiger partial charge >= 0.3 is 5.69 Å². The summed E-state index contributed by atoms with van der Waals surface area (Å²) in [4.78, 5) is 37.1. The average Bonchev–Trinajstić information content (AvgIpc) is 2.12. The molecule has 0 aromatic carbocycles. The van der Waals surface area contributed by atoms with Crippen molar-refractivity contribution in [3.63, 3.8) is 0 Å². The van der Waals surface area contributed by atoms with Gasteiger partial charge in [0.25, 0.3) is 11.5 Å². The lowest BCUT2D eigenvalue weighted by atomic mass is 10.3. The van der Waals surface area contributed by atoms with E-state index in [2.05, 4.69) is 10.3 Å². The summed E-state index contributed by atoms with van der Waals surface area (Å²) in [7, 11) is 0. The van der Waals surface area contributed by atoms with Gasteiger partial charge in [-0.05, 0) is 6.92 Å². The summed E-state index contributed by atoms with van der Waals surface area (Å²) in [5, 5.41) is 11.2. The lowest BCUT2D eigenvalue weighted by Crippen LogP contribution is -2.34. The third kappa shape index (κ3) is 3.39. The van der Waals surface area contributed by atoms with Crippen LogP contribution in [0, 0.1) is 0 Å². The summed E-state index contributed by atoms with van der Waals surface area (Å²) in [6, 6.07) is 0.971. The lowest BCUT2D eigenvalue weighted by molar-refractivity contribution is 0.0918. The van der Waals surface area contributed by atoms with Crippen LogP contribution < -0.4 is 16.6 Å². The Morgan fingerprint density at radius 1 is 1.53 bits per heavy atom. The van der Waals surface area contributed by atoms with Gasteiger partial charge in [0.05, 0.1) is 6.10 Å². The molecule has 0 saturated heterocycles. The topological polar surface area (TPSA) is 115 Å². The van der Waals surface area contributed by atoms with E-state index in [1.165, 1.54) is 6.92 Å². The molecule has 7 heteroatoms. The zero-order valence-corrected chi connectivity index (χ0v) is 8.03. The van der Waals surface area contributed by atoms with Crippen LogP contribution in [0.1, 0.15) is 17.4 Å². The van der Waals surface area contributed by atoms with Crippen molar-refractivity contribution in [2.45, 2.75) is 13.0 Å². The number of carbonyl (C=O) groups excluding carboxylic acids is 1. The third-order valence-corrected chi connectivity index (χ3v) is 1.56. The molecule has 7 nitrogen and oxygen atoms in total. The summed E-state index contributed by atoms with van der Waals surface area (Å²) in [5.74, 6) is -0.612. The first-order valence-corrected chi connectivity index (χ1v) is 4.29. The van der Waals surface area contributed by atoms with Crippen molar-refractivity contribution in [2.75, 3.05) is 6.54 Å². The van der Waals surface area contributed by atoms with Crippen LogP contribution >= 0.6 is 0 Å². The molecule has 0 aliphatic heterocycles. The van der Waals surface area contributed by atoms with Crippen LogP contribution in [0.5, 0.6) is 0 Å². The minimum atomic E-state index is -0.746. The van der Waals surface area contributed by atoms with E-state index in [4.69, 9.17) is 5.11 Å². The number of aromatic nitrogens is 2. The minimum absolute atomic E-state index is 0.0493. The summed E-state index contributed by atoms with van der Waals surface area (Å²) in [6.45, 7) is 1.55. The molecule has 1 amide bonds. The second kappa shape index (κ2) is 4.56. The molecule has 0 aliphatic rings. The molecule has 1 heterocycles. The molecule has 0 spiro atoms. The fourth-order valence-corrected chi connectivity index (χ4v) is 0.927. The van der Waals surface area contributed by atoms with Crippen molar-refractivity contribution >= 4 is 5.91 Å². The number of rotatable bonds is 3. The predicted molar refractivity (Wildman–Crippen MR) is 51.7 cm³/mol. The van der Waals surface area contributed by atoms with E-state index in [-0.39, 0.29) is 12.2 Å². The quantitative estimate of drug-likeness (QED) is 0.473. The van der Waals surface area contributed by atoms with Gasteiger partial charge in [-0.1, -0.05) is 0 Å². The summed E-state index contributed by atoms with van der Waals surface area (Å²) in [5.41, 5.74) is -1.53. The van der Waals surface area contributed by atoms with Gasteiger partial charge in [0.2, 0.25) is 0 Å². The molecule has 4 N–H and O–H groups in total. The van der Waals surface area contributed by atoms with E-state index >= 15 is 0 Å². The Morgan fingerprint density at radius 3 is 2.73 bits per heavy atom. The number of amides is 1. The van der Waals surface area contributed by atoms with Gasteiger partial charge in [-0.15, -0.1) is 0 Å². The smallest absolute Gasteiger partial charge is 0.326 e. The highest BCUT2D eigenvalue weighted by Gasteiger charge is 2.08. The Labute approximate surface area is 84.2 Å². The van der Waals surface area contributed by atoms with Crippen LogP contribution in [0.25, 0.3) is 0 Å². The van der Waals surface area contributed by atoms with Crippen LogP contribution in [0.4, 0.5) is 0 Å². The molecule has 15 heavy (non-hydrogen) atoms. The van der Waals surface area contributed by atoms with Crippen molar-refractivity contribution in [2.24, 2.45) is 0 Å². The number of carbonyl (C=O) groups is 1. The first-order chi connectivity index (χ1) is 6.99. The number of H-pyrrole nitrogens is 2. The maximum atomic E-state index is 11.3. The molecule has 82 valence electrons. The molecule has 1 atom stereocenters. The van der Waals surface area contributed by atoms with Crippen LogP contribution in [0.15, 0.2) is 15.7 Å². The number of aliphatic hydroxyl groups is 1. The van der Waals surface area contributed by atoms with Gasteiger partial charge in [0.1, 0.15) is 5.69 Å². The Balaban J connectivity index is 2.83. The Bertz CT molecular complexity index is 431. The first kappa shape index (κ1) is 11.2.